The largest absolute Gasteiger partial charge is 0.436 e. The third kappa shape index (κ3) is 3.74. The highest BCUT2D eigenvalue weighted by molar-refractivity contribution is 5.77. The van der Waals surface area contributed by atoms with Crippen molar-refractivity contribution in [3.8, 4) is 0 Å². The summed E-state index contributed by atoms with van der Waals surface area (Å²) in [6.07, 6.45) is 8.05. The van der Waals surface area contributed by atoms with Gasteiger partial charge < -0.3 is 9.47 Å². The lowest BCUT2D eigenvalue weighted by atomic mass is 9.60. The summed E-state index contributed by atoms with van der Waals surface area (Å²) in [7, 11) is 0. The van der Waals surface area contributed by atoms with Crippen molar-refractivity contribution in [2.75, 3.05) is 0 Å². The summed E-state index contributed by atoms with van der Waals surface area (Å²) < 4.78 is 12.2. The number of rotatable bonds is 6. The van der Waals surface area contributed by atoms with Crippen molar-refractivity contribution in [1.29, 1.82) is 0 Å². The molecule has 26 heavy (non-hydrogen) atoms. The Kier molecular flexibility index (Phi) is 5.33. The summed E-state index contributed by atoms with van der Waals surface area (Å²) in [5.74, 6) is 2.35. The third-order valence-corrected chi connectivity index (χ3v) is 7.20. The van der Waals surface area contributed by atoms with Crippen LogP contribution in [-0.4, -0.2) is 18.4 Å². The number of hydrogen-bond donors (Lipinski definition) is 0. The van der Waals surface area contributed by atoms with Crippen LogP contribution in [0.3, 0.4) is 0 Å². The first kappa shape index (κ1) is 19.9. The quantitative estimate of drug-likeness (QED) is 0.343. The van der Waals surface area contributed by atoms with E-state index in [4.69, 9.17) is 9.47 Å². The lowest BCUT2D eigenvalue weighted by molar-refractivity contribution is -0.216. The van der Waals surface area contributed by atoms with Crippen molar-refractivity contribution in [2.45, 2.75) is 93.0 Å². The fourth-order valence-corrected chi connectivity index (χ4v) is 5.54. The van der Waals surface area contributed by atoms with Gasteiger partial charge in [0.15, 0.2) is 6.29 Å². The van der Waals surface area contributed by atoms with Gasteiger partial charge in [0.25, 0.3) is 0 Å². The maximum absolute atomic E-state index is 13.1. The second-order valence-corrected chi connectivity index (χ2v) is 10.7. The van der Waals surface area contributed by atoms with Gasteiger partial charge in [0, 0.05) is 5.92 Å². The van der Waals surface area contributed by atoms with Gasteiger partial charge in [-0.05, 0) is 69.1 Å². The van der Waals surface area contributed by atoms with Gasteiger partial charge in [-0.2, -0.15) is 0 Å². The Morgan fingerprint density at radius 3 is 2.38 bits per heavy atom. The first-order valence-corrected chi connectivity index (χ1v) is 10.6. The Bertz CT molecular complexity index is 570. The van der Waals surface area contributed by atoms with E-state index in [1.54, 1.807) is 5.57 Å². The molecule has 2 saturated carbocycles. The molecule has 0 aliphatic heterocycles. The molecule has 0 radical (unpaired) electrons. The zero-order chi connectivity index (χ0) is 19.3. The predicted octanol–water partition coefficient (Wildman–Crippen LogP) is 5.74. The number of carbonyl (C=O) groups is 1. The second-order valence-electron chi connectivity index (χ2n) is 10.7. The van der Waals surface area contributed by atoms with E-state index in [0.717, 1.165) is 12.3 Å². The van der Waals surface area contributed by atoms with Crippen LogP contribution in [0.2, 0.25) is 0 Å². The van der Waals surface area contributed by atoms with E-state index < -0.39 is 11.7 Å². The van der Waals surface area contributed by atoms with E-state index in [9.17, 15) is 4.79 Å². The number of allylic oxidation sites excluding steroid dienone is 1. The first-order chi connectivity index (χ1) is 12.0. The molecule has 4 bridgehead atoms. The van der Waals surface area contributed by atoms with Crippen LogP contribution < -0.4 is 0 Å². The molecule has 0 aromatic carbocycles. The van der Waals surface area contributed by atoms with Crippen LogP contribution in [0, 0.1) is 34.5 Å². The molecule has 0 aromatic heterocycles. The zero-order valence-corrected chi connectivity index (χ0v) is 17.8. The highest BCUT2D eigenvalue weighted by atomic mass is 16.7. The number of esters is 1. The highest BCUT2D eigenvalue weighted by Gasteiger charge is 2.48. The Hall–Kier alpha value is -0.830. The summed E-state index contributed by atoms with van der Waals surface area (Å²) in [6, 6.07) is 0. The lowest BCUT2D eigenvalue weighted by Crippen LogP contribution is -2.48. The third-order valence-electron chi connectivity index (χ3n) is 7.20. The van der Waals surface area contributed by atoms with E-state index >= 15 is 0 Å². The van der Waals surface area contributed by atoms with Gasteiger partial charge in [0.2, 0.25) is 0 Å². The van der Waals surface area contributed by atoms with Crippen LogP contribution in [0.1, 0.15) is 80.6 Å². The van der Waals surface area contributed by atoms with Gasteiger partial charge in [-0.1, -0.05) is 46.3 Å². The summed E-state index contributed by atoms with van der Waals surface area (Å²) in [5, 5.41) is 0. The normalized spacial score (nSPS) is 33.8. The van der Waals surface area contributed by atoms with Crippen LogP contribution in [0.4, 0.5) is 0 Å². The van der Waals surface area contributed by atoms with Gasteiger partial charge in [0.05, 0.1) is 11.5 Å². The maximum Gasteiger partial charge on any atom is 0.314 e. The molecular weight excluding hydrogens is 324 g/mol. The second kappa shape index (κ2) is 6.96. The van der Waals surface area contributed by atoms with Crippen molar-refractivity contribution in [2.24, 2.45) is 34.5 Å². The van der Waals surface area contributed by atoms with E-state index in [1.807, 2.05) is 6.92 Å². The minimum atomic E-state index is -0.509. The van der Waals surface area contributed by atoms with E-state index in [2.05, 4.69) is 47.6 Å². The Balaban J connectivity index is 1.64. The lowest BCUT2D eigenvalue weighted by Gasteiger charge is -2.50. The highest BCUT2D eigenvalue weighted by Crippen LogP contribution is 2.52. The predicted molar refractivity (Wildman–Crippen MR) is 104 cm³/mol. The van der Waals surface area contributed by atoms with E-state index in [1.165, 1.54) is 25.7 Å². The molecule has 3 heteroatoms. The Labute approximate surface area is 159 Å². The number of hydrogen-bond acceptors (Lipinski definition) is 3. The molecule has 4 aliphatic carbocycles. The fourth-order valence-electron chi connectivity index (χ4n) is 5.54. The van der Waals surface area contributed by atoms with Crippen LogP contribution in [0.25, 0.3) is 0 Å². The van der Waals surface area contributed by atoms with Crippen LogP contribution in [0.5, 0.6) is 0 Å². The van der Waals surface area contributed by atoms with Crippen LogP contribution in [-0.2, 0) is 14.3 Å². The Morgan fingerprint density at radius 1 is 1.15 bits per heavy atom. The fraction of sp³-hybridized carbons (Fsp3) is 0.870. The monoisotopic (exact) mass is 362 g/mol. The molecule has 0 N–H and O–H groups in total. The van der Waals surface area contributed by atoms with Gasteiger partial charge in [-0.25, -0.2) is 0 Å². The van der Waals surface area contributed by atoms with Crippen molar-refractivity contribution in [3.63, 3.8) is 0 Å². The molecule has 0 aromatic rings. The number of carbonyl (C=O) groups excluding carboxylic acids is 1. The SMILES string of the molecule is CC(C)CC(C)(C(=O)OC(C)OC1C2C=C3CC(C2)CC1C3)C(C)(C)C. The molecule has 4 rings (SSSR count). The smallest absolute Gasteiger partial charge is 0.314 e. The molecule has 0 spiro atoms. The Morgan fingerprint density at radius 2 is 1.85 bits per heavy atom. The summed E-state index contributed by atoms with van der Waals surface area (Å²) in [5.41, 5.74) is 0.982. The standard InChI is InChI=1S/C23H38O3/c1-14(2)13-23(7,22(4,5)6)21(24)26-15(3)25-20-18-9-16-8-17(11-18)12-19(20)10-16/h9,14-15,17-20H,8,10-13H2,1-7H3. The molecule has 0 heterocycles. The molecule has 0 saturated heterocycles. The zero-order valence-electron chi connectivity index (χ0n) is 17.8. The average molecular weight is 363 g/mol. The molecule has 0 amide bonds. The molecule has 148 valence electrons. The minimum Gasteiger partial charge on any atom is -0.436 e. The van der Waals surface area contributed by atoms with Gasteiger partial charge >= 0.3 is 5.97 Å². The van der Waals surface area contributed by atoms with Crippen molar-refractivity contribution < 1.29 is 14.3 Å². The van der Waals surface area contributed by atoms with Gasteiger partial charge in [0.1, 0.15) is 0 Å². The van der Waals surface area contributed by atoms with E-state index in [-0.39, 0.29) is 17.5 Å². The minimum absolute atomic E-state index is 0.117. The van der Waals surface area contributed by atoms with Crippen LogP contribution >= 0.6 is 0 Å². The van der Waals surface area contributed by atoms with Crippen molar-refractivity contribution in [1.82, 2.24) is 0 Å². The van der Waals surface area contributed by atoms with Gasteiger partial charge in [-0.3, -0.25) is 4.79 Å². The molecular formula is C23H38O3. The maximum atomic E-state index is 13.1. The molecule has 3 nitrogen and oxygen atoms in total. The van der Waals surface area contributed by atoms with Crippen molar-refractivity contribution in [3.05, 3.63) is 11.6 Å². The topological polar surface area (TPSA) is 35.5 Å². The summed E-state index contributed by atoms with van der Waals surface area (Å²) >= 11 is 0. The van der Waals surface area contributed by atoms with Crippen molar-refractivity contribution >= 4 is 5.97 Å². The number of ether oxygens (including phenoxy) is 2. The molecule has 2 fully saturated rings. The molecule has 6 atom stereocenters. The average Bonchev–Trinajstić information content (AvgIpc) is 2.48. The van der Waals surface area contributed by atoms with Crippen LogP contribution in [0.15, 0.2) is 11.6 Å². The van der Waals surface area contributed by atoms with Gasteiger partial charge in [-0.15, -0.1) is 0 Å². The van der Waals surface area contributed by atoms with E-state index in [0.29, 0.717) is 17.8 Å². The molecule has 6 unspecified atom stereocenters. The molecule has 4 aliphatic rings. The summed E-state index contributed by atoms with van der Waals surface area (Å²) in [4.78, 5) is 13.1. The summed E-state index contributed by atoms with van der Waals surface area (Å²) in [6.45, 7) is 14.7. The first-order valence-electron chi connectivity index (χ1n) is 10.6.